The van der Waals surface area contributed by atoms with Gasteiger partial charge in [-0.05, 0) is 50.7 Å². The zero-order valence-electron chi connectivity index (χ0n) is 27.0. The van der Waals surface area contributed by atoms with E-state index in [1.165, 1.54) is 0 Å². The first-order chi connectivity index (χ1) is 20.1. The van der Waals surface area contributed by atoms with E-state index in [0.29, 0.717) is 19.5 Å². The SMILES string of the molecule is CC[C@H](C)[C@H](CO)N1C(=O)[C@@H]2[C@H]3C(=O)N(c4ccccc4)CC=C[C@@]3(C)O[C@@]23C=CCN(C(C)(C)CC(C)(C)C)C(=O)C13. The monoisotopic (exact) mass is 591 g/mol. The van der Waals surface area contributed by atoms with E-state index in [-0.39, 0.29) is 35.7 Å². The molecule has 1 N–H and O–H groups in total. The predicted octanol–water partition coefficient (Wildman–Crippen LogP) is 4.58. The molecule has 7 atom stereocenters. The van der Waals surface area contributed by atoms with Gasteiger partial charge in [0.2, 0.25) is 17.7 Å². The number of carbonyl (C=O) groups excluding carboxylic acids is 3. The summed E-state index contributed by atoms with van der Waals surface area (Å²) in [4.78, 5) is 49.5. The topological polar surface area (TPSA) is 90.4 Å². The van der Waals surface area contributed by atoms with Gasteiger partial charge in [-0.25, -0.2) is 0 Å². The number of para-hydroxylation sites is 1. The Hall–Kier alpha value is -2.97. The summed E-state index contributed by atoms with van der Waals surface area (Å²) < 4.78 is 7.01. The lowest BCUT2D eigenvalue weighted by Gasteiger charge is -2.46. The number of aliphatic hydroxyl groups is 1. The first-order valence-electron chi connectivity index (χ1n) is 15.8. The minimum atomic E-state index is -1.36. The summed E-state index contributed by atoms with van der Waals surface area (Å²) >= 11 is 0. The fraction of sp³-hybridized carbons (Fsp3) is 0.629. The Balaban J connectivity index is 1.67. The van der Waals surface area contributed by atoms with Gasteiger partial charge in [0, 0.05) is 24.3 Å². The van der Waals surface area contributed by atoms with Gasteiger partial charge in [-0.1, -0.05) is 83.5 Å². The Morgan fingerprint density at radius 1 is 0.953 bits per heavy atom. The molecule has 2 saturated heterocycles. The summed E-state index contributed by atoms with van der Waals surface area (Å²) in [7, 11) is 0. The number of ether oxygens (including phenoxy) is 1. The molecule has 0 bridgehead atoms. The molecule has 5 rings (SSSR count). The quantitative estimate of drug-likeness (QED) is 0.469. The van der Waals surface area contributed by atoms with E-state index in [1.54, 1.807) is 9.80 Å². The van der Waals surface area contributed by atoms with Crippen LogP contribution >= 0.6 is 0 Å². The molecule has 4 heterocycles. The van der Waals surface area contributed by atoms with Crippen LogP contribution in [0.25, 0.3) is 0 Å². The van der Waals surface area contributed by atoms with Crippen LogP contribution in [0.15, 0.2) is 54.6 Å². The molecule has 234 valence electrons. The number of amides is 3. The Morgan fingerprint density at radius 2 is 1.60 bits per heavy atom. The number of benzene rings is 1. The van der Waals surface area contributed by atoms with Crippen LogP contribution in [0.2, 0.25) is 0 Å². The van der Waals surface area contributed by atoms with Crippen molar-refractivity contribution in [1.29, 1.82) is 0 Å². The van der Waals surface area contributed by atoms with Gasteiger partial charge in [-0.3, -0.25) is 14.4 Å². The molecule has 3 amide bonds. The van der Waals surface area contributed by atoms with Gasteiger partial charge >= 0.3 is 0 Å². The molecular formula is C35H49N3O5. The molecule has 8 heteroatoms. The van der Waals surface area contributed by atoms with Gasteiger partial charge in [0.1, 0.15) is 11.6 Å². The molecule has 1 unspecified atom stereocenters. The van der Waals surface area contributed by atoms with Gasteiger partial charge in [-0.15, -0.1) is 0 Å². The Kier molecular flexibility index (Phi) is 7.96. The molecule has 8 nitrogen and oxygen atoms in total. The van der Waals surface area contributed by atoms with E-state index < -0.39 is 40.7 Å². The molecule has 0 radical (unpaired) electrons. The number of fused-ring (bicyclic) bond motifs is 2. The van der Waals surface area contributed by atoms with Crippen LogP contribution < -0.4 is 4.90 Å². The van der Waals surface area contributed by atoms with Gasteiger partial charge in [0.25, 0.3) is 0 Å². The number of hydrogen-bond donors (Lipinski definition) is 1. The minimum absolute atomic E-state index is 0.0435. The second kappa shape index (κ2) is 10.9. The molecule has 4 aliphatic heterocycles. The summed E-state index contributed by atoms with van der Waals surface area (Å²) in [6.07, 6.45) is 9.14. The fourth-order valence-electron chi connectivity index (χ4n) is 8.41. The normalized spacial score (nSPS) is 32.3. The number of aliphatic hydroxyl groups excluding tert-OH is 1. The van der Waals surface area contributed by atoms with E-state index in [4.69, 9.17) is 4.74 Å². The maximum absolute atomic E-state index is 14.9. The van der Waals surface area contributed by atoms with Crippen molar-refractivity contribution in [3.05, 3.63) is 54.6 Å². The molecular weight excluding hydrogens is 542 g/mol. The highest BCUT2D eigenvalue weighted by Crippen LogP contribution is 2.58. The molecule has 2 fully saturated rings. The van der Waals surface area contributed by atoms with Gasteiger partial charge in [0.15, 0.2) is 0 Å². The van der Waals surface area contributed by atoms with Crippen molar-refractivity contribution in [1.82, 2.24) is 9.80 Å². The second-order valence-electron chi connectivity index (χ2n) is 15.0. The molecule has 43 heavy (non-hydrogen) atoms. The maximum atomic E-state index is 14.9. The van der Waals surface area contributed by atoms with E-state index in [0.717, 1.165) is 12.1 Å². The average molecular weight is 592 g/mol. The van der Waals surface area contributed by atoms with Crippen molar-refractivity contribution in [2.45, 2.75) is 97.1 Å². The van der Waals surface area contributed by atoms with Crippen molar-refractivity contribution in [2.75, 3.05) is 24.6 Å². The van der Waals surface area contributed by atoms with Crippen LogP contribution in [0.1, 0.15) is 68.2 Å². The van der Waals surface area contributed by atoms with E-state index in [9.17, 15) is 19.5 Å². The van der Waals surface area contributed by atoms with Crippen molar-refractivity contribution in [3.63, 3.8) is 0 Å². The minimum Gasteiger partial charge on any atom is -0.394 e. The summed E-state index contributed by atoms with van der Waals surface area (Å²) in [5, 5.41) is 10.7. The van der Waals surface area contributed by atoms with Crippen LogP contribution in [-0.2, 0) is 19.1 Å². The Bertz CT molecular complexity index is 1320. The highest BCUT2D eigenvalue weighted by Gasteiger charge is 2.75. The molecule has 0 saturated carbocycles. The molecule has 1 aromatic carbocycles. The smallest absolute Gasteiger partial charge is 0.249 e. The van der Waals surface area contributed by atoms with Crippen LogP contribution in [0, 0.1) is 23.2 Å². The van der Waals surface area contributed by atoms with Gasteiger partial charge < -0.3 is 24.5 Å². The third-order valence-electron chi connectivity index (χ3n) is 10.1. The summed E-state index contributed by atoms with van der Waals surface area (Å²) in [6.45, 7) is 16.9. The third kappa shape index (κ3) is 5.04. The summed E-state index contributed by atoms with van der Waals surface area (Å²) in [5.74, 6) is -2.55. The predicted molar refractivity (Wildman–Crippen MR) is 167 cm³/mol. The second-order valence-corrected chi connectivity index (χ2v) is 15.0. The molecule has 1 spiro atoms. The molecule has 4 aliphatic rings. The zero-order chi connectivity index (χ0) is 31.5. The van der Waals surface area contributed by atoms with Crippen molar-refractivity contribution in [3.8, 4) is 0 Å². The summed E-state index contributed by atoms with van der Waals surface area (Å²) in [6, 6.07) is 7.86. The number of nitrogens with zero attached hydrogens (tertiary/aromatic N) is 3. The largest absolute Gasteiger partial charge is 0.394 e. The average Bonchev–Trinajstić information content (AvgIpc) is 3.19. The number of hydrogen-bond acceptors (Lipinski definition) is 5. The molecule has 0 aliphatic carbocycles. The maximum Gasteiger partial charge on any atom is 0.249 e. The lowest BCUT2D eigenvalue weighted by Crippen LogP contribution is -2.62. The molecule has 0 aromatic heterocycles. The molecule has 1 aromatic rings. The number of rotatable bonds is 7. The Morgan fingerprint density at radius 3 is 2.21 bits per heavy atom. The lowest BCUT2D eigenvalue weighted by atomic mass is 9.74. The number of carbonyl (C=O) groups is 3. The zero-order valence-corrected chi connectivity index (χ0v) is 27.0. The number of likely N-dealkylation sites (tertiary alicyclic amines) is 1. The lowest BCUT2D eigenvalue weighted by molar-refractivity contribution is -0.159. The standard InChI is InChI=1S/C35H49N3O5/c1-9-23(2)25(21-39)38-28-31(42)37(33(6,7)22-32(3,4)5)20-14-18-35(28)27(30(38)41)26-29(40)36(24-15-11-10-12-16-24)19-13-17-34(26,8)43-35/h10-18,23,25-28,39H,9,19-22H2,1-8H3/t23-,25-,26-,27-,28?,34+,35-/m0/s1. The van der Waals surface area contributed by atoms with Gasteiger partial charge in [-0.2, -0.15) is 0 Å². The van der Waals surface area contributed by atoms with Crippen LogP contribution in [0.3, 0.4) is 0 Å². The summed E-state index contributed by atoms with van der Waals surface area (Å²) in [5.41, 5.74) is -2.28. The number of anilines is 1. The Labute approximate surface area is 256 Å². The first-order valence-corrected chi connectivity index (χ1v) is 15.8. The van der Waals surface area contributed by atoms with Crippen LogP contribution in [0.5, 0.6) is 0 Å². The van der Waals surface area contributed by atoms with E-state index in [1.807, 2.05) is 80.3 Å². The fourth-order valence-corrected chi connectivity index (χ4v) is 8.41. The highest BCUT2D eigenvalue weighted by molar-refractivity contribution is 6.04. The highest BCUT2D eigenvalue weighted by atomic mass is 16.5. The van der Waals surface area contributed by atoms with E-state index in [2.05, 4.69) is 34.6 Å². The van der Waals surface area contributed by atoms with Crippen molar-refractivity contribution < 1.29 is 24.2 Å². The van der Waals surface area contributed by atoms with Crippen molar-refractivity contribution in [2.24, 2.45) is 23.2 Å². The van der Waals surface area contributed by atoms with Crippen molar-refractivity contribution >= 4 is 23.4 Å². The third-order valence-corrected chi connectivity index (χ3v) is 10.1. The van der Waals surface area contributed by atoms with Gasteiger partial charge in [0.05, 0.1) is 30.1 Å². The first kappa shape index (κ1) is 31.5. The van der Waals surface area contributed by atoms with Crippen LogP contribution in [-0.4, -0.2) is 81.1 Å². The van der Waals surface area contributed by atoms with Crippen LogP contribution in [0.4, 0.5) is 5.69 Å². The van der Waals surface area contributed by atoms with E-state index >= 15 is 0 Å².